The first-order valence-electron chi connectivity index (χ1n) is 2.77. The Morgan fingerprint density at radius 3 is 2.27 bits per heavy atom. The van der Waals surface area contributed by atoms with Crippen molar-refractivity contribution in [2.24, 2.45) is 0 Å². The molecule has 1 aromatic rings. The van der Waals surface area contributed by atoms with E-state index in [2.05, 4.69) is 4.94 Å². The minimum Gasteiger partial charge on any atom is -0.294 e. The van der Waals surface area contributed by atoms with E-state index in [4.69, 9.17) is 0 Å². The van der Waals surface area contributed by atoms with E-state index in [9.17, 15) is 14.6 Å². The largest absolute Gasteiger partial charge is 0.294 e. The van der Waals surface area contributed by atoms with Crippen molar-refractivity contribution >= 4 is 5.69 Å². The molecule has 0 aromatic heterocycles. The zero-order valence-electron chi connectivity index (χ0n) is 5.36. The molecule has 0 aliphatic rings. The molecule has 0 atom stereocenters. The van der Waals surface area contributed by atoms with E-state index in [0.717, 1.165) is 12.1 Å². The molecule has 0 saturated heterocycles. The molecule has 4 nitrogen and oxygen atoms in total. The maximum Gasteiger partial charge on any atom is 0.269 e. The third-order valence-electron chi connectivity index (χ3n) is 1.14. The molecular weight excluding hydrogens is 153 g/mol. The first-order valence-corrected chi connectivity index (χ1v) is 2.77. The van der Waals surface area contributed by atoms with Crippen molar-refractivity contribution in [1.29, 1.82) is 0 Å². The summed E-state index contributed by atoms with van der Waals surface area (Å²) in [5.41, 5.74) is -0.0919. The number of hydrogen-bond donors (Lipinski definition) is 0. The first kappa shape index (κ1) is 7.46. The van der Waals surface area contributed by atoms with Gasteiger partial charge in [-0.2, -0.15) is 0 Å². The highest BCUT2D eigenvalue weighted by Crippen LogP contribution is 2.16. The molecule has 0 aliphatic carbocycles. The van der Waals surface area contributed by atoms with Gasteiger partial charge in [0.25, 0.3) is 5.69 Å². The molecule has 1 aromatic carbocycles. The second-order valence-corrected chi connectivity index (χ2v) is 1.83. The minimum atomic E-state index is -0.567. The van der Waals surface area contributed by atoms with E-state index in [-0.39, 0.29) is 11.4 Å². The number of nitrogens with zero attached hydrogens (tertiary/aromatic N) is 1. The Balaban J connectivity index is 2.91. The number of nitro groups is 1. The fourth-order valence-electron chi connectivity index (χ4n) is 0.619. The predicted molar refractivity (Wildman–Crippen MR) is 34.8 cm³/mol. The van der Waals surface area contributed by atoms with Crippen molar-refractivity contribution in [1.82, 2.24) is 0 Å². The quantitative estimate of drug-likeness (QED) is 0.486. The topological polar surface area (TPSA) is 52.4 Å². The lowest BCUT2D eigenvalue weighted by Crippen LogP contribution is -1.86. The van der Waals surface area contributed by atoms with Crippen molar-refractivity contribution in [3.8, 4) is 5.75 Å². The van der Waals surface area contributed by atoms with Crippen LogP contribution in [0.15, 0.2) is 24.3 Å². The van der Waals surface area contributed by atoms with Gasteiger partial charge >= 0.3 is 0 Å². The molecule has 0 spiro atoms. The van der Waals surface area contributed by atoms with Gasteiger partial charge in [0.15, 0.2) is 5.75 Å². The van der Waals surface area contributed by atoms with Gasteiger partial charge in [-0.05, 0) is 12.1 Å². The molecule has 0 bridgehead atoms. The second-order valence-electron chi connectivity index (χ2n) is 1.83. The van der Waals surface area contributed by atoms with E-state index in [1.54, 1.807) is 0 Å². The van der Waals surface area contributed by atoms with E-state index < -0.39 is 4.92 Å². The minimum absolute atomic E-state index is 0.0457. The second kappa shape index (κ2) is 2.96. The molecule has 0 N–H and O–H groups in total. The summed E-state index contributed by atoms with van der Waals surface area (Å²) in [6.45, 7) is 0. The van der Waals surface area contributed by atoms with Crippen LogP contribution in [0.3, 0.4) is 0 Å². The Morgan fingerprint density at radius 2 is 1.91 bits per heavy atom. The summed E-state index contributed by atoms with van der Waals surface area (Å²) in [4.78, 5) is 12.8. The number of nitro benzene ring substituents is 1. The first-order chi connectivity index (χ1) is 5.24. The number of benzene rings is 1. The van der Waals surface area contributed by atoms with Crippen LogP contribution in [0.25, 0.3) is 0 Å². The molecule has 1 rings (SSSR count). The third-order valence-corrected chi connectivity index (χ3v) is 1.14. The van der Waals surface area contributed by atoms with E-state index in [0.29, 0.717) is 0 Å². The summed E-state index contributed by atoms with van der Waals surface area (Å²) >= 11 is 0. The Morgan fingerprint density at radius 1 is 1.36 bits per heavy atom. The van der Waals surface area contributed by atoms with Gasteiger partial charge in [0.05, 0.1) is 4.92 Å². The van der Waals surface area contributed by atoms with Crippen LogP contribution in [0.4, 0.5) is 10.2 Å². The smallest absolute Gasteiger partial charge is 0.269 e. The van der Waals surface area contributed by atoms with Crippen molar-refractivity contribution in [3.63, 3.8) is 0 Å². The Labute approximate surface area is 61.3 Å². The third kappa shape index (κ3) is 1.64. The number of rotatable bonds is 2. The monoisotopic (exact) mass is 157 g/mol. The molecular formula is C6H4FNO3. The molecule has 11 heavy (non-hydrogen) atoms. The van der Waals surface area contributed by atoms with Crippen LogP contribution in [-0.4, -0.2) is 4.92 Å². The maximum atomic E-state index is 11.4. The molecule has 0 saturated carbocycles. The fourth-order valence-corrected chi connectivity index (χ4v) is 0.619. The van der Waals surface area contributed by atoms with Crippen LogP contribution in [0, 0.1) is 10.1 Å². The zero-order valence-corrected chi connectivity index (χ0v) is 5.36. The van der Waals surface area contributed by atoms with Gasteiger partial charge < -0.3 is 0 Å². The average molecular weight is 157 g/mol. The summed E-state index contributed by atoms with van der Waals surface area (Å²) in [6.07, 6.45) is 0. The summed E-state index contributed by atoms with van der Waals surface area (Å²) < 4.78 is 11.4. The standard InChI is InChI=1S/C6H4FNO3/c7-11-6-3-1-5(2-4-6)8(9)10/h1-4H. The molecule has 5 heteroatoms. The van der Waals surface area contributed by atoms with Gasteiger partial charge in [0, 0.05) is 16.7 Å². The van der Waals surface area contributed by atoms with Crippen molar-refractivity contribution in [2.75, 3.05) is 0 Å². The van der Waals surface area contributed by atoms with Crippen LogP contribution in [0.1, 0.15) is 0 Å². The van der Waals surface area contributed by atoms with Gasteiger partial charge in [-0.3, -0.25) is 15.1 Å². The van der Waals surface area contributed by atoms with Crippen LogP contribution in [-0.2, 0) is 0 Å². The SMILES string of the molecule is O=[N+]([O-])c1ccc(OF)cc1. The van der Waals surface area contributed by atoms with Gasteiger partial charge in [-0.15, -0.1) is 0 Å². The highest BCUT2D eigenvalue weighted by atomic mass is 19.3. The Kier molecular flexibility index (Phi) is 2.00. The lowest BCUT2D eigenvalue weighted by molar-refractivity contribution is -0.384. The summed E-state index contributed by atoms with van der Waals surface area (Å²) in [5, 5.41) is 10.1. The van der Waals surface area contributed by atoms with Crippen LogP contribution in [0.5, 0.6) is 5.75 Å². The molecule has 0 unspecified atom stereocenters. The van der Waals surface area contributed by atoms with Gasteiger partial charge in [0.2, 0.25) is 0 Å². The molecule has 0 fully saturated rings. The highest BCUT2D eigenvalue weighted by Gasteiger charge is 2.03. The lowest BCUT2D eigenvalue weighted by Gasteiger charge is -1.91. The number of halogens is 1. The maximum absolute atomic E-state index is 11.4. The molecule has 0 heterocycles. The van der Waals surface area contributed by atoms with E-state index >= 15 is 0 Å². The summed E-state index contributed by atoms with van der Waals surface area (Å²) in [5.74, 6) is -0.0457. The van der Waals surface area contributed by atoms with Gasteiger partial charge in [0.1, 0.15) is 0 Å². The molecule has 0 radical (unpaired) electrons. The predicted octanol–water partition coefficient (Wildman–Crippen LogP) is 1.86. The van der Waals surface area contributed by atoms with Crippen molar-refractivity contribution < 1.29 is 14.4 Å². The zero-order chi connectivity index (χ0) is 8.27. The lowest BCUT2D eigenvalue weighted by atomic mass is 10.3. The van der Waals surface area contributed by atoms with Gasteiger partial charge in [-0.1, -0.05) is 0 Å². The highest BCUT2D eigenvalue weighted by molar-refractivity contribution is 5.35. The average Bonchev–Trinajstić information content (AvgIpc) is 2.05. The van der Waals surface area contributed by atoms with E-state index in [1.807, 2.05) is 0 Å². The Hall–Kier alpha value is -1.65. The summed E-state index contributed by atoms with van der Waals surface area (Å²) in [7, 11) is 0. The summed E-state index contributed by atoms with van der Waals surface area (Å²) in [6, 6.07) is 4.68. The van der Waals surface area contributed by atoms with Crippen molar-refractivity contribution in [2.45, 2.75) is 0 Å². The van der Waals surface area contributed by atoms with Crippen LogP contribution < -0.4 is 4.94 Å². The Bertz CT molecular complexity index is 259. The molecule has 0 aliphatic heterocycles. The van der Waals surface area contributed by atoms with Gasteiger partial charge in [-0.25, -0.2) is 0 Å². The number of hydrogen-bond acceptors (Lipinski definition) is 3. The molecule has 58 valence electrons. The van der Waals surface area contributed by atoms with Crippen molar-refractivity contribution in [3.05, 3.63) is 34.4 Å². The fraction of sp³-hybridized carbons (Fsp3) is 0. The van der Waals surface area contributed by atoms with E-state index in [1.165, 1.54) is 12.1 Å². The van der Waals surface area contributed by atoms with Crippen LogP contribution >= 0.6 is 0 Å². The van der Waals surface area contributed by atoms with Crippen LogP contribution in [0.2, 0.25) is 0 Å². The normalized spacial score (nSPS) is 9.18. The number of non-ortho nitro benzene ring substituents is 1. The molecule has 0 amide bonds.